The first-order valence-electron chi connectivity index (χ1n) is 9.20. The summed E-state index contributed by atoms with van der Waals surface area (Å²) in [5, 5.41) is 8.02. The molecule has 1 fully saturated rings. The zero-order valence-corrected chi connectivity index (χ0v) is 14.8. The predicted molar refractivity (Wildman–Crippen MR) is 94.2 cm³/mol. The van der Waals surface area contributed by atoms with Crippen LogP contribution in [0.15, 0.2) is 22.7 Å². The average molecular weight is 342 g/mol. The van der Waals surface area contributed by atoms with Gasteiger partial charge in [0.2, 0.25) is 0 Å². The van der Waals surface area contributed by atoms with Gasteiger partial charge in [0.1, 0.15) is 11.5 Å². The molecule has 0 aromatic carbocycles. The van der Waals surface area contributed by atoms with Gasteiger partial charge in [-0.2, -0.15) is 0 Å². The summed E-state index contributed by atoms with van der Waals surface area (Å²) in [6, 6.07) is 6.64. The fraction of sp³-hybridized carbons (Fsp3) is 0.579. The molecule has 2 aliphatic rings. The zero-order chi connectivity index (χ0) is 17.1. The molecule has 0 saturated carbocycles. The van der Waals surface area contributed by atoms with Gasteiger partial charge in [-0.25, -0.2) is 0 Å². The smallest absolute Gasteiger partial charge is 0.140 e. The summed E-state index contributed by atoms with van der Waals surface area (Å²) in [5.41, 5.74) is 4.59. The maximum atomic E-state index is 5.61. The van der Waals surface area contributed by atoms with E-state index < -0.39 is 0 Å². The molecule has 1 aliphatic carbocycles. The number of hydrogen-bond acceptors (Lipinski definition) is 6. The molecule has 6 nitrogen and oxygen atoms in total. The van der Waals surface area contributed by atoms with Crippen molar-refractivity contribution in [1.82, 2.24) is 20.4 Å². The first-order valence-corrected chi connectivity index (χ1v) is 9.20. The second-order valence-corrected chi connectivity index (χ2v) is 7.01. The van der Waals surface area contributed by atoms with E-state index in [0.29, 0.717) is 6.04 Å². The minimum absolute atomic E-state index is 0.456. The van der Waals surface area contributed by atoms with Crippen LogP contribution in [0, 0.1) is 6.92 Å². The van der Waals surface area contributed by atoms with Gasteiger partial charge in [-0.3, -0.25) is 9.88 Å². The number of ether oxygens (including phenoxy) is 1. The molecule has 134 valence electrons. The molecule has 1 N–H and O–H groups in total. The normalized spacial score (nSPS) is 21.2. The molecule has 2 aromatic rings. The van der Waals surface area contributed by atoms with Crippen molar-refractivity contribution in [2.75, 3.05) is 26.3 Å². The molecule has 1 unspecified atom stereocenters. The van der Waals surface area contributed by atoms with Gasteiger partial charge in [0, 0.05) is 49.9 Å². The summed E-state index contributed by atoms with van der Waals surface area (Å²) < 4.78 is 11.0. The zero-order valence-electron chi connectivity index (χ0n) is 14.8. The van der Waals surface area contributed by atoms with E-state index >= 15 is 0 Å². The Balaban J connectivity index is 1.37. The molecule has 0 bridgehead atoms. The molecule has 1 aliphatic heterocycles. The van der Waals surface area contributed by atoms with E-state index in [1.54, 1.807) is 0 Å². The highest BCUT2D eigenvalue weighted by Crippen LogP contribution is 2.26. The van der Waals surface area contributed by atoms with Gasteiger partial charge in [-0.15, -0.1) is 0 Å². The van der Waals surface area contributed by atoms with E-state index in [0.717, 1.165) is 81.5 Å². The summed E-state index contributed by atoms with van der Waals surface area (Å²) in [4.78, 5) is 6.97. The van der Waals surface area contributed by atoms with Crippen molar-refractivity contribution in [2.24, 2.45) is 0 Å². The van der Waals surface area contributed by atoms with Gasteiger partial charge in [0.25, 0.3) is 0 Å². The minimum Gasteiger partial charge on any atom is -0.379 e. The van der Waals surface area contributed by atoms with Gasteiger partial charge < -0.3 is 14.6 Å². The van der Waals surface area contributed by atoms with Crippen molar-refractivity contribution in [3.8, 4) is 0 Å². The Bertz CT molecular complexity index is 709. The van der Waals surface area contributed by atoms with Gasteiger partial charge in [0.15, 0.2) is 0 Å². The molecule has 25 heavy (non-hydrogen) atoms. The van der Waals surface area contributed by atoms with Crippen LogP contribution in [-0.4, -0.2) is 47.4 Å². The molecular weight excluding hydrogens is 316 g/mol. The molecule has 2 aromatic heterocycles. The molecule has 3 heterocycles. The number of rotatable bonds is 5. The Hall–Kier alpha value is -1.76. The van der Waals surface area contributed by atoms with E-state index in [2.05, 4.69) is 32.5 Å². The van der Waals surface area contributed by atoms with Crippen molar-refractivity contribution in [3.05, 3.63) is 46.6 Å². The number of nitrogens with zero attached hydrogens (tertiary/aromatic N) is 3. The summed E-state index contributed by atoms with van der Waals surface area (Å²) in [6.45, 7) is 7.29. The number of fused-ring (bicyclic) bond motifs is 1. The lowest BCUT2D eigenvalue weighted by Crippen LogP contribution is -2.37. The third kappa shape index (κ3) is 4.08. The molecule has 1 atom stereocenters. The molecule has 0 radical (unpaired) electrons. The molecule has 4 rings (SSSR count). The van der Waals surface area contributed by atoms with Crippen molar-refractivity contribution >= 4 is 0 Å². The Kier molecular flexibility index (Phi) is 5.10. The van der Waals surface area contributed by atoms with Crippen molar-refractivity contribution in [2.45, 2.75) is 45.3 Å². The molecule has 0 amide bonds. The number of aromatic nitrogens is 2. The van der Waals surface area contributed by atoms with E-state index in [1.807, 2.05) is 13.0 Å². The number of hydrogen-bond donors (Lipinski definition) is 1. The average Bonchev–Trinajstić information content (AvgIpc) is 3.03. The monoisotopic (exact) mass is 342 g/mol. The maximum absolute atomic E-state index is 5.61. The number of nitrogens with one attached hydrogen (secondary N) is 1. The Morgan fingerprint density at radius 2 is 2.16 bits per heavy atom. The minimum atomic E-state index is 0.456. The van der Waals surface area contributed by atoms with Crippen LogP contribution in [0.25, 0.3) is 0 Å². The van der Waals surface area contributed by atoms with Crippen LogP contribution in [-0.2, 0) is 30.7 Å². The topological polar surface area (TPSA) is 63.4 Å². The van der Waals surface area contributed by atoms with Crippen LogP contribution < -0.4 is 5.32 Å². The lowest BCUT2D eigenvalue weighted by atomic mass is 9.92. The number of morpholine rings is 1. The van der Waals surface area contributed by atoms with Gasteiger partial charge in [-0.05, 0) is 31.9 Å². The molecule has 0 spiro atoms. The standard InChI is InChI=1S/C19H26N4O2/c1-14-3-2-4-16(21-14)12-20-15-5-6-19-17(11-15)18(22-25-19)13-23-7-9-24-10-8-23/h2-4,15,20H,5-13H2,1H3. The summed E-state index contributed by atoms with van der Waals surface area (Å²) in [7, 11) is 0. The Morgan fingerprint density at radius 3 is 3.00 bits per heavy atom. The van der Waals surface area contributed by atoms with E-state index in [9.17, 15) is 0 Å². The lowest BCUT2D eigenvalue weighted by molar-refractivity contribution is 0.0331. The highest BCUT2D eigenvalue weighted by molar-refractivity contribution is 5.27. The first-order chi connectivity index (χ1) is 12.3. The van der Waals surface area contributed by atoms with Crippen LogP contribution in [0.4, 0.5) is 0 Å². The predicted octanol–water partition coefficient (Wildman–Crippen LogP) is 1.86. The third-order valence-corrected chi connectivity index (χ3v) is 5.12. The van der Waals surface area contributed by atoms with Crippen LogP contribution in [0.2, 0.25) is 0 Å². The van der Waals surface area contributed by atoms with Gasteiger partial charge in [-0.1, -0.05) is 11.2 Å². The summed E-state index contributed by atoms with van der Waals surface area (Å²) in [6.07, 6.45) is 3.04. The first kappa shape index (κ1) is 16.7. The van der Waals surface area contributed by atoms with Gasteiger partial charge in [0.05, 0.1) is 18.9 Å². The van der Waals surface area contributed by atoms with Crippen LogP contribution in [0.3, 0.4) is 0 Å². The largest absolute Gasteiger partial charge is 0.379 e. The van der Waals surface area contributed by atoms with Gasteiger partial charge >= 0.3 is 0 Å². The Morgan fingerprint density at radius 1 is 1.28 bits per heavy atom. The van der Waals surface area contributed by atoms with Crippen molar-refractivity contribution in [3.63, 3.8) is 0 Å². The van der Waals surface area contributed by atoms with Crippen LogP contribution >= 0.6 is 0 Å². The van der Waals surface area contributed by atoms with E-state index in [4.69, 9.17) is 9.26 Å². The molecule has 1 saturated heterocycles. The highest BCUT2D eigenvalue weighted by Gasteiger charge is 2.26. The fourth-order valence-corrected chi connectivity index (χ4v) is 3.68. The quantitative estimate of drug-likeness (QED) is 0.895. The maximum Gasteiger partial charge on any atom is 0.140 e. The van der Waals surface area contributed by atoms with Crippen molar-refractivity contribution in [1.29, 1.82) is 0 Å². The van der Waals surface area contributed by atoms with Crippen LogP contribution in [0.5, 0.6) is 0 Å². The SMILES string of the molecule is Cc1cccc(CNC2CCc3onc(CN4CCOCC4)c3C2)n1. The number of aryl methyl sites for hydroxylation is 2. The van der Waals surface area contributed by atoms with Crippen molar-refractivity contribution < 1.29 is 9.26 Å². The fourth-order valence-electron chi connectivity index (χ4n) is 3.68. The lowest BCUT2D eigenvalue weighted by Gasteiger charge is -2.27. The molecule has 6 heteroatoms. The highest BCUT2D eigenvalue weighted by atomic mass is 16.5. The second kappa shape index (κ2) is 7.64. The van der Waals surface area contributed by atoms with E-state index in [-0.39, 0.29) is 0 Å². The number of pyridine rings is 1. The molecular formula is C19H26N4O2. The summed E-state index contributed by atoms with van der Waals surface area (Å²) >= 11 is 0. The third-order valence-electron chi connectivity index (χ3n) is 5.12. The summed E-state index contributed by atoms with van der Waals surface area (Å²) in [5.74, 6) is 1.08. The Labute approximate surface area is 148 Å². The van der Waals surface area contributed by atoms with E-state index in [1.165, 1.54) is 5.56 Å². The van der Waals surface area contributed by atoms with Crippen LogP contribution in [0.1, 0.15) is 34.8 Å². The second-order valence-electron chi connectivity index (χ2n) is 7.01.